The van der Waals surface area contributed by atoms with Gasteiger partial charge in [0, 0.05) is 34.1 Å². The number of aromatic nitrogens is 4. The smallest absolute Gasteiger partial charge is 0.281 e. The van der Waals surface area contributed by atoms with Gasteiger partial charge in [0.05, 0.1) is 0 Å². The summed E-state index contributed by atoms with van der Waals surface area (Å²) in [5.41, 5.74) is 15.6. The highest BCUT2D eigenvalue weighted by Gasteiger charge is 2.16. The molecule has 112 valence electrons. The third-order valence-electron chi connectivity index (χ3n) is 3.04. The van der Waals surface area contributed by atoms with Crippen LogP contribution in [0, 0.1) is 0 Å². The topological polar surface area (TPSA) is 135 Å². The van der Waals surface area contributed by atoms with E-state index in [1.54, 1.807) is 24.5 Å². The van der Waals surface area contributed by atoms with Crippen molar-refractivity contribution in [2.24, 2.45) is 5.11 Å². The molecule has 0 bridgehead atoms. The first-order valence-electron chi connectivity index (χ1n) is 6.52. The zero-order chi connectivity index (χ0) is 16.2. The largest absolute Gasteiger partial charge is 0.368 e. The predicted octanol–water partition coefficient (Wildman–Crippen LogP) is 2.55. The Morgan fingerprint density at radius 3 is 2.52 bits per heavy atom. The molecule has 0 aliphatic heterocycles. The lowest BCUT2D eigenvalue weighted by Crippen LogP contribution is -2.16. The number of benzene rings is 1. The van der Waals surface area contributed by atoms with Crippen molar-refractivity contribution in [3.8, 4) is 11.4 Å². The van der Waals surface area contributed by atoms with Crippen molar-refractivity contribution in [3.63, 3.8) is 0 Å². The summed E-state index contributed by atoms with van der Waals surface area (Å²) < 4.78 is 1.03. The summed E-state index contributed by atoms with van der Waals surface area (Å²) in [5.74, 6) is -0.104. The SMILES string of the molecule is [N-]=[N+]=Nc1ccc(C(=O)n2nc(-c3ccncc3)nc2N)cc1. The summed E-state index contributed by atoms with van der Waals surface area (Å²) in [6.45, 7) is 0. The minimum Gasteiger partial charge on any atom is -0.368 e. The van der Waals surface area contributed by atoms with Crippen LogP contribution in [0.3, 0.4) is 0 Å². The Labute approximate surface area is 130 Å². The van der Waals surface area contributed by atoms with E-state index in [4.69, 9.17) is 11.3 Å². The third-order valence-corrected chi connectivity index (χ3v) is 3.04. The van der Waals surface area contributed by atoms with E-state index in [9.17, 15) is 4.79 Å². The highest BCUT2D eigenvalue weighted by molar-refractivity contribution is 5.97. The lowest BCUT2D eigenvalue weighted by atomic mass is 10.2. The van der Waals surface area contributed by atoms with Gasteiger partial charge < -0.3 is 5.73 Å². The molecule has 0 unspecified atom stereocenters. The van der Waals surface area contributed by atoms with Gasteiger partial charge in [0.2, 0.25) is 5.95 Å². The van der Waals surface area contributed by atoms with Crippen molar-refractivity contribution < 1.29 is 4.79 Å². The van der Waals surface area contributed by atoms with Gasteiger partial charge in [-0.3, -0.25) is 9.78 Å². The third kappa shape index (κ3) is 2.85. The molecule has 3 rings (SSSR count). The molecule has 0 spiro atoms. The first-order chi connectivity index (χ1) is 11.2. The van der Waals surface area contributed by atoms with Gasteiger partial charge in [-0.25, -0.2) is 0 Å². The molecular weight excluding hydrogens is 296 g/mol. The van der Waals surface area contributed by atoms with Crippen molar-refractivity contribution in [2.45, 2.75) is 0 Å². The molecule has 0 atom stereocenters. The monoisotopic (exact) mass is 306 g/mol. The zero-order valence-corrected chi connectivity index (χ0v) is 11.7. The summed E-state index contributed by atoms with van der Waals surface area (Å²) in [7, 11) is 0. The second kappa shape index (κ2) is 5.96. The molecule has 0 aliphatic rings. The van der Waals surface area contributed by atoms with E-state index in [0.717, 1.165) is 4.68 Å². The molecule has 0 radical (unpaired) electrons. The Bertz CT molecular complexity index is 894. The molecule has 9 heteroatoms. The van der Waals surface area contributed by atoms with Crippen LogP contribution in [-0.2, 0) is 0 Å². The second-order valence-corrected chi connectivity index (χ2v) is 4.48. The number of hydrogen-bond donors (Lipinski definition) is 1. The highest BCUT2D eigenvalue weighted by Crippen LogP contribution is 2.18. The fourth-order valence-corrected chi connectivity index (χ4v) is 1.94. The molecule has 2 aromatic heterocycles. The summed E-state index contributed by atoms with van der Waals surface area (Å²) in [4.78, 5) is 23.1. The van der Waals surface area contributed by atoms with Gasteiger partial charge in [-0.2, -0.15) is 9.67 Å². The van der Waals surface area contributed by atoms with Crippen LogP contribution >= 0.6 is 0 Å². The first kappa shape index (κ1) is 14.2. The quantitative estimate of drug-likeness (QED) is 0.450. The molecule has 3 aromatic rings. The number of rotatable bonds is 3. The number of nitrogens with zero attached hydrogens (tertiary/aromatic N) is 7. The van der Waals surface area contributed by atoms with E-state index in [1.807, 2.05) is 0 Å². The number of pyridine rings is 1. The number of nitrogen functional groups attached to an aromatic ring is 1. The number of hydrogen-bond acceptors (Lipinski definition) is 6. The molecule has 0 fully saturated rings. The van der Waals surface area contributed by atoms with Crippen LogP contribution in [0.25, 0.3) is 21.8 Å². The molecule has 0 aliphatic carbocycles. The van der Waals surface area contributed by atoms with E-state index >= 15 is 0 Å². The summed E-state index contributed by atoms with van der Waals surface area (Å²) >= 11 is 0. The number of nitrogens with two attached hydrogens (primary N) is 1. The maximum atomic E-state index is 12.4. The maximum Gasteiger partial charge on any atom is 0.281 e. The maximum absolute atomic E-state index is 12.4. The molecule has 2 N–H and O–H groups in total. The van der Waals surface area contributed by atoms with Gasteiger partial charge in [-0.1, -0.05) is 17.2 Å². The molecule has 9 nitrogen and oxygen atoms in total. The number of anilines is 1. The molecule has 0 saturated carbocycles. The summed E-state index contributed by atoms with van der Waals surface area (Å²) in [5, 5.41) is 7.58. The van der Waals surface area contributed by atoms with Crippen molar-refractivity contribution in [1.82, 2.24) is 19.7 Å². The van der Waals surface area contributed by atoms with Gasteiger partial charge in [-0.15, -0.1) is 5.10 Å². The Morgan fingerprint density at radius 2 is 1.87 bits per heavy atom. The highest BCUT2D eigenvalue weighted by atomic mass is 16.2. The van der Waals surface area contributed by atoms with Gasteiger partial charge in [0.1, 0.15) is 0 Å². The lowest BCUT2D eigenvalue weighted by molar-refractivity contribution is 0.0948. The van der Waals surface area contributed by atoms with Crippen LogP contribution in [0.1, 0.15) is 10.4 Å². The Morgan fingerprint density at radius 1 is 1.17 bits per heavy atom. The van der Waals surface area contributed by atoms with Crippen LogP contribution in [0.4, 0.5) is 11.6 Å². The standard InChI is InChI=1S/C14H10N8O/c15-14-18-12(9-5-7-17-8-6-9)20-22(14)13(23)10-1-3-11(4-2-10)19-21-16/h1-8H,(H2,15,18,20). The Kier molecular flexibility index (Phi) is 3.69. The second-order valence-electron chi connectivity index (χ2n) is 4.48. The first-order valence-corrected chi connectivity index (χ1v) is 6.52. The van der Waals surface area contributed by atoms with Gasteiger partial charge in [-0.05, 0) is 29.8 Å². The summed E-state index contributed by atoms with van der Waals surface area (Å²) in [6.07, 6.45) is 3.20. The molecular formula is C14H10N8O. The normalized spacial score (nSPS) is 10.1. The van der Waals surface area contributed by atoms with E-state index in [-0.39, 0.29) is 5.95 Å². The number of carbonyl (C=O) groups is 1. The van der Waals surface area contributed by atoms with Gasteiger partial charge in [0.25, 0.3) is 5.91 Å². The van der Waals surface area contributed by atoms with Crippen molar-refractivity contribution in [1.29, 1.82) is 0 Å². The lowest BCUT2D eigenvalue weighted by Gasteiger charge is -2.01. The van der Waals surface area contributed by atoms with Crippen LogP contribution in [-0.4, -0.2) is 25.7 Å². The zero-order valence-electron chi connectivity index (χ0n) is 11.7. The van der Waals surface area contributed by atoms with Crippen molar-refractivity contribution >= 4 is 17.5 Å². The molecule has 0 amide bonds. The molecule has 23 heavy (non-hydrogen) atoms. The van der Waals surface area contributed by atoms with E-state index in [0.29, 0.717) is 22.6 Å². The minimum atomic E-state index is -0.428. The van der Waals surface area contributed by atoms with Crippen LogP contribution in [0.2, 0.25) is 0 Å². The minimum absolute atomic E-state index is 0.0130. The van der Waals surface area contributed by atoms with Crippen molar-refractivity contribution in [2.75, 3.05) is 5.73 Å². The van der Waals surface area contributed by atoms with Crippen LogP contribution < -0.4 is 5.73 Å². The average Bonchev–Trinajstić information content (AvgIpc) is 2.98. The van der Waals surface area contributed by atoms with Crippen LogP contribution in [0.15, 0.2) is 53.9 Å². The van der Waals surface area contributed by atoms with E-state index < -0.39 is 5.91 Å². The summed E-state index contributed by atoms with van der Waals surface area (Å²) in [6, 6.07) is 9.56. The van der Waals surface area contributed by atoms with Gasteiger partial charge >= 0.3 is 0 Å². The molecule has 2 heterocycles. The Hall–Kier alpha value is -3.71. The fourth-order valence-electron chi connectivity index (χ4n) is 1.94. The number of carbonyl (C=O) groups excluding carboxylic acids is 1. The van der Waals surface area contributed by atoms with Crippen LogP contribution in [0.5, 0.6) is 0 Å². The number of azide groups is 1. The van der Waals surface area contributed by atoms with E-state index in [2.05, 4.69) is 25.1 Å². The van der Waals surface area contributed by atoms with Gasteiger partial charge in [0.15, 0.2) is 5.82 Å². The Balaban J connectivity index is 1.93. The predicted molar refractivity (Wildman–Crippen MR) is 82.6 cm³/mol. The average molecular weight is 306 g/mol. The van der Waals surface area contributed by atoms with Crippen molar-refractivity contribution in [3.05, 3.63) is 64.8 Å². The fraction of sp³-hybridized carbons (Fsp3) is 0. The molecule has 1 aromatic carbocycles. The molecule has 0 saturated heterocycles. The van der Waals surface area contributed by atoms with E-state index in [1.165, 1.54) is 24.3 Å².